The van der Waals surface area contributed by atoms with Gasteiger partial charge in [0, 0.05) is 6.54 Å². The second-order valence-corrected chi connectivity index (χ2v) is 3.52. The molecule has 0 aliphatic carbocycles. The number of hydrogen-bond acceptors (Lipinski definition) is 3. The molecule has 0 spiro atoms. The highest BCUT2D eigenvalue weighted by Crippen LogP contribution is 2.16. The Morgan fingerprint density at radius 1 is 1.60 bits per heavy atom. The second kappa shape index (κ2) is 5.56. The highest BCUT2D eigenvalue weighted by Gasteiger charge is 2.10. The van der Waals surface area contributed by atoms with Crippen molar-refractivity contribution in [3.8, 4) is 0 Å². The number of hydrogen-bond donors (Lipinski definition) is 2. The first-order chi connectivity index (χ1) is 7.15. The largest absolute Gasteiger partial charge is 0.476 e. The molecule has 0 saturated carbocycles. The van der Waals surface area contributed by atoms with Gasteiger partial charge in [-0.3, -0.25) is 0 Å². The molecule has 0 aromatic carbocycles. The van der Waals surface area contributed by atoms with E-state index in [9.17, 15) is 4.79 Å². The summed E-state index contributed by atoms with van der Waals surface area (Å²) in [5.74, 6) is -0.565. The third-order valence-corrected chi connectivity index (χ3v) is 2.19. The van der Waals surface area contributed by atoms with Crippen LogP contribution in [0.3, 0.4) is 0 Å². The summed E-state index contributed by atoms with van der Waals surface area (Å²) in [6, 6.07) is 3.21. The lowest BCUT2D eigenvalue weighted by Crippen LogP contribution is -2.07. The number of halogens is 1. The van der Waals surface area contributed by atoms with Crippen molar-refractivity contribution in [2.45, 2.75) is 19.8 Å². The first-order valence-electron chi connectivity index (χ1n) is 4.79. The molecule has 0 aliphatic heterocycles. The van der Waals surface area contributed by atoms with Gasteiger partial charge in [-0.15, -0.1) is 0 Å². The van der Waals surface area contributed by atoms with E-state index in [2.05, 4.69) is 17.2 Å². The van der Waals surface area contributed by atoms with Crippen LogP contribution in [0.2, 0.25) is 5.02 Å². The summed E-state index contributed by atoms with van der Waals surface area (Å²) in [6.07, 6.45) is 2.10. The predicted octanol–water partition coefficient (Wildman–Crippen LogP) is 2.65. The van der Waals surface area contributed by atoms with Crippen molar-refractivity contribution >= 4 is 23.4 Å². The van der Waals surface area contributed by atoms with Crippen molar-refractivity contribution < 1.29 is 9.90 Å². The number of aromatic nitrogens is 1. The van der Waals surface area contributed by atoms with E-state index in [1.807, 2.05) is 0 Å². The average molecular weight is 229 g/mol. The molecule has 0 atom stereocenters. The molecule has 15 heavy (non-hydrogen) atoms. The molecule has 0 radical (unpaired) electrons. The zero-order valence-corrected chi connectivity index (χ0v) is 9.21. The number of rotatable bonds is 5. The molecule has 2 N–H and O–H groups in total. The maximum Gasteiger partial charge on any atom is 0.356 e. The molecule has 0 amide bonds. The standard InChI is InChI=1S/C10H13ClN2O2/c1-2-3-6-12-8-5-4-7(11)9(13-8)10(14)15/h4-5H,2-3,6H2,1H3,(H,12,13)(H,14,15). The van der Waals surface area contributed by atoms with E-state index in [0.29, 0.717) is 5.82 Å². The van der Waals surface area contributed by atoms with Gasteiger partial charge in [-0.2, -0.15) is 0 Å². The minimum atomic E-state index is -1.11. The number of unbranched alkanes of at least 4 members (excludes halogenated alkanes) is 1. The van der Waals surface area contributed by atoms with Crippen molar-refractivity contribution in [2.24, 2.45) is 0 Å². The topological polar surface area (TPSA) is 62.2 Å². The van der Waals surface area contributed by atoms with E-state index in [1.165, 1.54) is 6.07 Å². The molecule has 1 rings (SSSR count). The number of carboxylic acids is 1. The van der Waals surface area contributed by atoms with Gasteiger partial charge in [0.1, 0.15) is 5.82 Å². The van der Waals surface area contributed by atoms with Crippen LogP contribution in [0.25, 0.3) is 0 Å². The molecule has 1 aromatic heterocycles. The van der Waals surface area contributed by atoms with Crippen LogP contribution in [-0.4, -0.2) is 22.6 Å². The quantitative estimate of drug-likeness (QED) is 0.761. The maximum atomic E-state index is 10.7. The van der Waals surface area contributed by atoms with Gasteiger partial charge in [0.25, 0.3) is 0 Å². The van der Waals surface area contributed by atoms with Crippen LogP contribution in [0.4, 0.5) is 5.82 Å². The van der Waals surface area contributed by atoms with Crippen molar-refractivity contribution in [3.63, 3.8) is 0 Å². The first kappa shape index (κ1) is 11.8. The van der Waals surface area contributed by atoms with Crippen LogP contribution in [-0.2, 0) is 0 Å². The van der Waals surface area contributed by atoms with Gasteiger partial charge in [-0.05, 0) is 18.6 Å². The Kier molecular flexibility index (Phi) is 4.37. The van der Waals surface area contributed by atoms with Gasteiger partial charge in [0.15, 0.2) is 5.69 Å². The van der Waals surface area contributed by atoms with Gasteiger partial charge in [0.2, 0.25) is 0 Å². The minimum Gasteiger partial charge on any atom is -0.476 e. The SMILES string of the molecule is CCCCNc1ccc(Cl)c(C(=O)O)n1. The lowest BCUT2D eigenvalue weighted by atomic mass is 10.3. The van der Waals surface area contributed by atoms with Gasteiger partial charge in [-0.25, -0.2) is 9.78 Å². The normalized spacial score (nSPS) is 10.0. The summed E-state index contributed by atoms with van der Waals surface area (Å²) in [4.78, 5) is 14.6. The maximum absolute atomic E-state index is 10.7. The molecule has 82 valence electrons. The fourth-order valence-electron chi connectivity index (χ4n) is 1.08. The molecular formula is C10H13ClN2O2. The van der Waals surface area contributed by atoms with Gasteiger partial charge in [0.05, 0.1) is 5.02 Å². The Bertz CT molecular complexity index is 355. The Morgan fingerprint density at radius 2 is 2.33 bits per heavy atom. The van der Waals surface area contributed by atoms with Gasteiger partial charge >= 0.3 is 5.97 Å². The zero-order valence-electron chi connectivity index (χ0n) is 8.46. The van der Waals surface area contributed by atoms with E-state index in [4.69, 9.17) is 16.7 Å². The van der Waals surface area contributed by atoms with Crippen LogP contribution in [0.1, 0.15) is 30.3 Å². The fraction of sp³-hybridized carbons (Fsp3) is 0.400. The third kappa shape index (κ3) is 3.40. The number of pyridine rings is 1. The zero-order chi connectivity index (χ0) is 11.3. The molecule has 1 heterocycles. The molecule has 5 heteroatoms. The highest BCUT2D eigenvalue weighted by atomic mass is 35.5. The summed E-state index contributed by atoms with van der Waals surface area (Å²) < 4.78 is 0. The van der Waals surface area contributed by atoms with E-state index in [1.54, 1.807) is 6.07 Å². The number of carbonyl (C=O) groups is 1. The Labute approximate surface area is 93.3 Å². The monoisotopic (exact) mass is 228 g/mol. The lowest BCUT2D eigenvalue weighted by Gasteiger charge is -2.05. The van der Waals surface area contributed by atoms with E-state index in [-0.39, 0.29) is 10.7 Å². The molecule has 0 saturated heterocycles. The molecule has 0 fully saturated rings. The Hall–Kier alpha value is -1.29. The van der Waals surface area contributed by atoms with Crippen LogP contribution >= 0.6 is 11.6 Å². The Balaban J connectivity index is 2.74. The number of nitrogens with one attached hydrogen (secondary N) is 1. The Morgan fingerprint density at radius 3 is 2.93 bits per heavy atom. The van der Waals surface area contributed by atoms with Crippen LogP contribution in [0.5, 0.6) is 0 Å². The molecule has 0 aliphatic rings. The van der Waals surface area contributed by atoms with Crippen LogP contribution < -0.4 is 5.32 Å². The molecular weight excluding hydrogens is 216 g/mol. The lowest BCUT2D eigenvalue weighted by molar-refractivity contribution is 0.0691. The van der Waals surface area contributed by atoms with Crippen molar-refractivity contribution in [1.29, 1.82) is 0 Å². The summed E-state index contributed by atoms with van der Waals surface area (Å²) in [7, 11) is 0. The van der Waals surface area contributed by atoms with Crippen molar-refractivity contribution in [3.05, 3.63) is 22.8 Å². The second-order valence-electron chi connectivity index (χ2n) is 3.11. The third-order valence-electron chi connectivity index (χ3n) is 1.89. The van der Waals surface area contributed by atoms with Crippen molar-refractivity contribution in [1.82, 2.24) is 4.98 Å². The van der Waals surface area contributed by atoms with E-state index >= 15 is 0 Å². The number of aromatic carboxylic acids is 1. The minimum absolute atomic E-state index is 0.113. The fourth-order valence-corrected chi connectivity index (χ4v) is 1.27. The molecule has 4 nitrogen and oxygen atoms in total. The average Bonchev–Trinajstić information content (AvgIpc) is 2.20. The first-order valence-corrected chi connectivity index (χ1v) is 5.16. The van der Waals surface area contributed by atoms with E-state index in [0.717, 1.165) is 19.4 Å². The summed E-state index contributed by atoms with van der Waals surface area (Å²) in [5, 5.41) is 12.0. The smallest absolute Gasteiger partial charge is 0.356 e. The molecule has 0 unspecified atom stereocenters. The van der Waals surface area contributed by atoms with Crippen LogP contribution in [0.15, 0.2) is 12.1 Å². The number of nitrogens with zero attached hydrogens (tertiary/aromatic N) is 1. The number of anilines is 1. The van der Waals surface area contributed by atoms with Crippen LogP contribution in [0, 0.1) is 0 Å². The van der Waals surface area contributed by atoms with Gasteiger partial charge < -0.3 is 10.4 Å². The summed E-state index contributed by atoms with van der Waals surface area (Å²) in [6.45, 7) is 2.86. The van der Waals surface area contributed by atoms with Gasteiger partial charge in [-0.1, -0.05) is 24.9 Å². The van der Waals surface area contributed by atoms with Crippen molar-refractivity contribution in [2.75, 3.05) is 11.9 Å². The predicted molar refractivity (Wildman–Crippen MR) is 59.6 cm³/mol. The summed E-state index contributed by atoms with van der Waals surface area (Å²) in [5.41, 5.74) is -0.113. The summed E-state index contributed by atoms with van der Waals surface area (Å²) >= 11 is 5.68. The molecule has 1 aromatic rings. The highest BCUT2D eigenvalue weighted by molar-refractivity contribution is 6.33. The number of carboxylic acid groups (broad SMARTS) is 1. The molecule has 0 bridgehead atoms. The van der Waals surface area contributed by atoms with E-state index < -0.39 is 5.97 Å².